The van der Waals surface area contributed by atoms with Gasteiger partial charge in [0.15, 0.2) is 0 Å². The van der Waals surface area contributed by atoms with E-state index in [1.165, 1.54) is 18.4 Å². The largest absolute Gasteiger partial charge is 0.368 e. The Morgan fingerprint density at radius 2 is 2.26 bits per heavy atom. The van der Waals surface area contributed by atoms with E-state index in [-0.39, 0.29) is 12.5 Å². The monoisotopic (exact) mass is 277 g/mol. The summed E-state index contributed by atoms with van der Waals surface area (Å²) in [4.78, 5) is 11.1. The van der Waals surface area contributed by atoms with Crippen molar-refractivity contribution in [1.82, 2.24) is 9.88 Å². The normalized spacial score (nSPS) is 15.0. The van der Waals surface area contributed by atoms with E-state index in [4.69, 9.17) is 17.3 Å². The summed E-state index contributed by atoms with van der Waals surface area (Å²) in [5.41, 5.74) is 7.42. The first-order valence-electron chi connectivity index (χ1n) is 6.42. The Bertz CT molecular complexity index is 631. The highest BCUT2D eigenvalue weighted by molar-refractivity contribution is 6.31. The van der Waals surface area contributed by atoms with Gasteiger partial charge in [0.05, 0.1) is 5.52 Å². The number of hydrogen-bond donors (Lipinski definition) is 2. The average Bonchev–Trinajstić information content (AvgIpc) is 3.12. The lowest BCUT2D eigenvalue weighted by Gasteiger charge is -2.01. The van der Waals surface area contributed by atoms with Crippen molar-refractivity contribution >= 4 is 28.4 Å². The molecule has 0 atom stereocenters. The molecule has 3 rings (SSSR count). The van der Waals surface area contributed by atoms with Gasteiger partial charge in [-0.05, 0) is 30.5 Å². The number of hydrogen-bond acceptors (Lipinski definition) is 2. The highest BCUT2D eigenvalue weighted by Gasteiger charge is 2.21. The van der Waals surface area contributed by atoms with Crippen LogP contribution in [0.3, 0.4) is 0 Å². The molecule has 0 bridgehead atoms. The summed E-state index contributed by atoms with van der Waals surface area (Å²) < 4.78 is 1.87. The maximum Gasteiger partial charge on any atom is 0.237 e. The molecule has 19 heavy (non-hydrogen) atoms. The second kappa shape index (κ2) is 4.87. The number of carbonyl (C=O) groups is 1. The van der Waals surface area contributed by atoms with Gasteiger partial charge in [-0.25, -0.2) is 0 Å². The predicted octanol–water partition coefficient (Wildman–Crippen LogP) is 2.03. The Balaban J connectivity index is 1.97. The quantitative estimate of drug-likeness (QED) is 0.878. The molecule has 1 aliphatic rings. The van der Waals surface area contributed by atoms with Crippen LogP contribution in [0, 0.1) is 0 Å². The van der Waals surface area contributed by atoms with E-state index in [9.17, 15) is 4.79 Å². The molecule has 1 amide bonds. The van der Waals surface area contributed by atoms with Crippen molar-refractivity contribution < 1.29 is 4.79 Å². The van der Waals surface area contributed by atoms with E-state index in [0.29, 0.717) is 11.1 Å². The van der Waals surface area contributed by atoms with Crippen molar-refractivity contribution in [2.45, 2.75) is 32.0 Å². The number of primary amides is 1. The van der Waals surface area contributed by atoms with Crippen molar-refractivity contribution in [2.75, 3.05) is 0 Å². The molecule has 1 aromatic heterocycles. The number of carbonyl (C=O) groups excluding carboxylic acids is 1. The van der Waals surface area contributed by atoms with Crippen molar-refractivity contribution in [3.8, 4) is 0 Å². The molecule has 3 N–H and O–H groups in total. The minimum absolute atomic E-state index is 0.181. The van der Waals surface area contributed by atoms with Gasteiger partial charge >= 0.3 is 0 Å². The summed E-state index contributed by atoms with van der Waals surface area (Å²) >= 11 is 6.03. The van der Waals surface area contributed by atoms with Crippen LogP contribution in [0.15, 0.2) is 24.4 Å². The van der Waals surface area contributed by atoms with Gasteiger partial charge in [0.2, 0.25) is 5.91 Å². The molecular formula is C14H16ClN3O. The second-order valence-corrected chi connectivity index (χ2v) is 5.50. The minimum atomic E-state index is -0.349. The summed E-state index contributed by atoms with van der Waals surface area (Å²) in [6, 6.07) is 6.40. The maximum atomic E-state index is 11.1. The van der Waals surface area contributed by atoms with Gasteiger partial charge < -0.3 is 15.6 Å². The van der Waals surface area contributed by atoms with Crippen LogP contribution >= 0.6 is 11.6 Å². The molecule has 0 saturated heterocycles. The van der Waals surface area contributed by atoms with Crippen molar-refractivity contribution in [1.29, 1.82) is 0 Å². The molecule has 1 aromatic carbocycles. The Labute approximate surface area is 116 Å². The van der Waals surface area contributed by atoms with E-state index >= 15 is 0 Å². The first kappa shape index (κ1) is 12.5. The number of nitrogens with two attached hydrogens (primary N) is 1. The molecule has 100 valence electrons. The second-order valence-electron chi connectivity index (χ2n) is 5.07. The molecule has 0 unspecified atom stereocenters. The lowest BCUT2D eigenvalue weighted by Crippen LogP contribution is -2.18. The zero-order valence-corrected chi connectivity index (χ0v) is 11.3. The molecule has 1 heterocycles. The van der Waals surface area contributed by atoms with Gasteiger partial charge in [-0.1, -0.05) is 17.7 Å². The lowest BCUT2D eigenvalue weighted by atomic mass is 10.2. The van der Waals surface area contributed by atoms with E-state index in [0.717, 1.165) is 17.4 Å². The summed E-state index contributed by atoms with van der Waals surface area (Å²) in [7, 11) is 0. The number of aromatic nitrogens is 1. The van der Waals surface area contributed by atoms with Crippen LogP contribution in [0.2, 0.25) is 5.02 Å². The SMILES string of the molecule is NC(=O)Cn1cc(CNC2CC2)c2ccc(Cl)cc21. The third-order valence-electron chi connectivity index (χ3n) is 3.41. The van der Waals surface area contributed by atoms with Gasteiger partial charge in [-0.15, -0.1) is 0 Å². The molecule has 2 aromatic rings. The standard InChI is InChI=1S/C14H16ClN3O/c15-10-1-4-12-9(6-17-11-2-3-11)7-18(8-14(16)19)13(12)5-10/h1,4-5,7,11,17H,2-3,6,8H2,(H2,16,19). The average molecular weight is 278 g/mol. The van der Waals surface area contributed by atoms with Crippen LogP contribution in [0.1, 0.15) is 18.4 Å². The first-order valence-corrected chi connectivity index (χ1v) is 6.80. The lowest BCUT2D eigenvalue weighted by molar-refractivity contribution is -0.118. The fourth-order valence-corrected chi connectivity index (χ4v) is 2.49. The zero-order valence-electron chi connectivity index (χ0n) is 10.5. The number of nitrogens with zero attached hydrogens (tertiary/aromatic N) is 1. The van der Waals surface area contributed by atoms with Crippen LogP contribution < -0.4 is 11.1 Å². The topological polar surface area (TPSA) is 60.1 Å². The van der Waals surface area contributed by atoms with E-state index in [1.54, 1.807) is 0 Å². The van der Waals surface area contributed by atoms with Gasteiger partial charge in [-0.3, -0.25) is 4.79 Å². The van der Waals surface area contributed by atoms with Crippen LogP contribution in [0.25, 0.3) is 10.9 Å². The van der Waals surface area contributed by atoms with Gasteiger partial charge in [0, 0.05) is 29.2 Å². The maximum absolute atomic E-state index is 11.1. The number of rotatable bonds is 5. The van der Waals surface area contributed by atoms with Crippen molar-refractivity contribution in [3.63, 3.8) is 0 Å². The Hall–Kier alpha value is -1.52. The van der Waals surface area contributed by atoms with E-state index in [2.05, 4.69) is 5.32 Å². The van der Waals surface area contributed by atoms with E-state index < -0.39 is 0 Å². The summed E-state index contributed by atoms with van der Waals surface area (Å²) in [6.45, 7) is 0.995. The highest BCUT2D eigenvalue weighted by atomic mass is 35.5. The van der Waals surface area contributed by atoms with Crippen LogP contribution in [0.5, 0.6) is 0 Å². The molecule has 1 aliphatic carbocycles. The third-order valence-corrected chi connectivity index (χ3v) is 3.65. The molecule has 0 radical (unpaired) electrons. The number of fused-ring (bicyclic) bond motifs is 1. The molecule has 4 nitrogen and oxygen atoms in total. The number of benzene rings is 1. The molecule has 0 aliphatic heterocycles. The first-order chi connectivity index (χ1) is 9.13. The Kier molecular flexibility index (Phi) is 3.21. The zero-order chi connectivity index (χ0) is 13.4. The minimum Gasteiger partial charge on any atom is -0.368 e. The highest BCUT2D eigenvalue weighted by Crippen LogP contribution is 2.26. The molecular weight excluding hydrogens is 262 g/mol. The molecule has 5 heteroatoms. The van der Waals surface area contributed by atoms with Crippen LogP contribution in [-0.4, -0.2) is 16.5 Å². The summed E-state index contributed by atoms with van der Waals surface area (Å²) in [6.07, 6.45) is 4.50. The predicted molar refractivity (Wildman–Crippen MR) is 76.0 cm³/mol. The fourth-order valence-electron chi connectivity index (χ4n) is 2.32. The van der Waals surface area contributed by atoms with Crippen LogP contribution in [0.4, 0.5) is 0 Å². The molecule has 1 saturated carbocycles. The Morgan fingerprint density at radius 3 is 2.95 bits per heavy atom. The summed E-state index contributed by atoms with van der Waals surface area (Å²) in [5.74, 6) is -0.349. The van der Waals surface area contributed by atoms with Crippen molar-refractivity contribution in [3.05, 3.63) is 35.0 Å². The van der Waals surface area contributed by atoms with Crippen molar-refractivity contribution in [2.24, 2.45) is 5.73 Å². The fraction of sp³-hybridized carbons (Fsp3) is 0.357. The molecule has 0 spiro atoms. The third kappa shape index (κ3) is 2.74. The molecule has 1 fully saturated rings. The van der Waals surface area contributed by atoms with Gasteiger partial charge in [0.1, 0.15) is 6.54 Å². The number of nitrogens with one attached hydrogen (secondary N) is 1. The Morgan fingerprint density at radius 1 is 1.47 bits per heavy atom. The van der Waals surface area contributed by atoms with E-state index in [1.807, 2.05) is 29.0 Å². The van der Waals surface area contributed by atoms with Gasteiger partial charge in [0.25, 0.3) is 0 Å². The van der Waals surface area contributed by atoms with Gasteiger partial charge in [-0.2, -0.15) is 0 Å². The number of halogens is 1. The van der Waals surface area contributed by atoms with Crippen LogP contribution in [-0.2, 0) is 17.9 Å². The number of amides is 1. The summed E-state index contributed by atoms with van der Waals surface area (Å²) in [5, 5.41) is 5.27. The smallest absolute Gasteiger partial charge is 0.237 e.